The Morgan fingerprint density at radius 1 is 1.21 bits per heavy atom. The molecule has 0 radical (unpaired) electrons. The number of rotatable bonds is 3. The third-order valence-corrected chi connectivity index (χ3v) is 3.30. The van der Waals surface area contributed by atoms with Crippen LogP contribution in [0.4, 0.5) is 22.4 Å². The van der Waals surface area contributed by atoms with Gasteiger partial charge in [-0.05, 0) is 36.4 Å². The van der Waals surface area contributed by atoms with Crippen molar-refractivity contribution in [1.82, 2.24) is 24.7 Å². The normalized spacial score (nSPS) is 11.6. The maximum absolute atomic E-state index is 13.6. The first-order valence-electron chi connectivity index (χ1n) is 6.92. The third-order valence-electron chi connectivity index (χ3n) is 3.30. The van der Waals surface area contributed by atoms with Gasteiger partial charge in [0.05, 0.1) is 11.3 Å². The number of nitrogens with zero attached hydrogens (tertiary/aromatic N) is 5. The van der Waals surface area contributed by atoms with Crippen molar-refractivity contribution < 1.29 is 22.4 Å². The van der Waals surface area contributed by atoms with Gasteiger partial charge in [-0.25, -0.2) is 14.0 Å². The first-order valence-corrected chi connectivity index (χ1v) is 6.92. The molecule has 0 N–H and O–H groups in total. The third kappa shape index (κ3) is 3.14. The summed E-state index contributed by atoms with van der Waals surface area (Å²) in [6.07, 6.45) is -4.86. The summed E-state index contributed by atoms with van der Waals surface area (Å²) in [5.74, 6) is -1.56. The van der Waals surface area contributed by atoms with Crippen molar-refractivity contribution >= 4 is 6.03 Å². The summed E-state index contributed by atoms with van der Waals surface area (Å²) in [6.45, 7) is 4.04. The Morgan fingerprint density at radius 3 is 2.33 bits per heavy atom. The molecule has 130 valence electrons. The van der Waals surface area contributed by atoms with E-state index >= 15 is 0 Å². The van der Waals surface area contributed by atoms with E-state index in [1.165, 1.54) is 4.90 Å². The Bertz CT molecular complexity index is 807. The highest BCUT2D eigenvalue weighted by atomic mass is 19.4. The lowest BCUT2D eigenvalue weighted by Gasteiger charge is -2.16. The topological polar surface area (TPSA) is 73.0 Å². The van der Waals surface area contributed by atoms with Crippen LogP contribution in [0.2, 0.25) is 0 Å². The number of hydrogen-bond acceptors (Lipinski definition) is 4. The van der Waals surface area contributed by atoms with Crippen molar-refractivity contribution in [3.05, 3.63) is 40.1 Å². The summed E-state index contributed by atoms with van der Waals surface area (Å²) >= 11 is 0. The molecule has 0 spiro atoms. The fraction of sp³-hybridized carbons (Fsp3) is 0.385. The van der Waals surface area contributed by atoms with Crippen LogP contribution in [0.5, 0.6) is 0 Å². The number of amides is 1. The van der Waals surface area contributed by atoms with E-state index in [1.807, 2.05) is 0 Å². The van der Waals surface area contributed by atoms with E-state index in [0.29, 0.717) is 34.6 Å². The second-order valence-corrected chi connectivity index (χ2v) is 4.70. The molecule has 2 aromatic rings. The lowest BCUT2D eigenvalue weighted by molar-refractivity contribution is -0.140. The highest BCUT2D eigenvalue weighted by molar-refractivity contribution is 5.75. The van der Waals surface area contributed by atoms with Gasteiger partial charge >= 0.3 is 17.9 Å². The summed E-state index contributed by atoms with van der Waals surface area (Å²) in [5, 5.41) is 6.80. The molecule has 1 heterocycles. The zero-order valence-corrected chi connectivity index (χ0v) is 12.7. The SMILES string of the molecule is CCN(CC)C(=O)n1nnn(-c2ccc(C(F)(F)F)c(F)c2)c1=O. The Balaban J connectivity index is 2.44. The van der Waals surface area contributed by atoms with E-state index in [2.05, 4.69) is 10.4 Å². The predicted molar refractivity (Wildman–Crippen MR) is 74.3 cm³/mol. The van der Waals surface area contributed by atoms with Gasteiger partial charge in [-0.2, -0.15) is 17.9 Å². The van der Waals surface area contributed by atoms with Gasteiger partial charge in [0.2, 0.25) is 0 Å². The lowest BCUT2D eigenvalue weighted by Crippen LogP contribution is -2.40. The lowest BCUT2D eigenvalue weighted by atomic mass is 10.2. The summed E-state index contributed by atoms with van der Waals surface area (Å²) in [5.41, 5.74) is -2.75. The molecule has 1 amide bonds. The number of alkyl halides is 3. The first kappa shape index (κ1) is 17.6. The first-order chi connectivity index (χ1) is 11.2. The zero-order valence-electron chi connectivity index (χ0n) is 12.7. The van der Waals surface area contributed by atoms with Gasteiger partial charge in [0, 0.05) is 19.2 Å². The Morgan fingerprint density at radius 2 is 1.83 bits per heavy atom. The van der Waals surface area contributed by atoms with Gasteiger partial charge in [-0.1, -0.05) is 0 Å². The van der Waals surface area contributed by atoms with Crippen LogP contribution >= 0.6 is 0 Å². The van der Waals surface area contributed by atoms with Gasteiger partial charge in [0.15, 0.2) is 0 Å². The van der Waals surface area contributed by atoms with E-state index in [-0.39, 0.29) is 5.69 Å². The molecule has 0 aliphatic heterocycles. The van der Waals surface area contributed by atoms with Gasteiger partial charge in [-0.3, -0.25) is 0 Å². The number of aromatic nitrogens is 4. The molecule has 0 saturated carbocycles. The standard InChI is InChI=1S/C13H13F4N5O2/c1-3-20(4-2)11(23)22-12(24)21(18-19-22)8-5-6-9(10(14)7-8)13(15,16)17/h5-7H,3-4H2,1-2H3. The largest absolute Gasteiger partial charge is 0.419 e. The predicted octanol–water partition coefficient (Wildman–Crippen LogP) is 1.90. The molecule has 2 rings (SSSR count). The molecule has 0 unspecified atom stereocenters. The number of hydrogen-bond donors (Lipinski definition) is 0. The minimum Gasteiger partial charge on any atom is -0.323 e. The summed E-state index contributed by atoms with van der Waals surface area (Å²) < 4.78 is 52.3. The van der Waals surface area contributed by atoms with Crippen LogP contribution in [0.1, 0.15) is 19.4 Å². The van der Waals surface area contributed by atoms with Crippen molar-refractivity contribution in [3.8, 4) is 5.69 Å². The van der Waals surface area contributed by atoms with E-state index in [9.17, 15) is 27.2 Å². The maximum atomic E-state index is 13.6. The van der Waals surface area contributed by atoms with Crippen LogP contribution < -0.4 is 5.69 Å². The number of halogens is 4. The zero-order chi connectivity index (χ0) is 18.1. The van der Waals surface area contributed by atoms with Crippen molar-refractivity contribution in [2.75, 3.05) is 13.1 Å². The average molecular weight is 347 g/mol. The van der Waals surface area contributed by atoms with Crippen LogP contribution in [-0.4, -0.2) is 43.8 Å². The van der Waals surface area contributed by atoms with Crippen LogP contribution in [0.15, 0.2) is 23.0 Å². The smallest absolute Gasteiger partial charge is 0.323 e. The van der Waals surface area contributed by atoms with Crippen LogP contribution in [0, 0.1) is 5.82 Å². The van der Waals surface area contributed by atoms with Crippen LogP contribution in [0.3, 0.4) is 0 Å². The minimum absolute atomic E-state index is 0.274. The molecule has 0 bridgehead atoms. The fourth-order valence-electron chi connectivity index (χ4n) is 2.02. The van der Waals surface area contributed by atoms with E-state index < -0.39 is 29.3 Å². The highest BCUT2D eigenvalue weighted by Crippen LogP contribution is 2.31. The van der Waals surface area contributed by atoms with Crippen LogP contribution in [-0.2, 0) is 6.18 Å². The van der Waals surface area contributed by atoms with E-state index in [0.717, 1.165) is 6.07 Å². The summed E-state index contributed by atoms with van der Waals surface area (Å²) in [7, 11) is 0. The van der Waals surface area contributed by atoms with Gasteiger partial charge in [0.25, 0.3) is 0 Å². The highest BCUT2D eigenvalue weighted by Gasteiger charge is 2.34. The molecule has 1 aromatic heterocycles. The van der Waals surface area contributed by atoms with Crippen molar-refractivity contribution in [3.63, 3.8) is 0 Å². The Labute approximate surface area is 133 Å². The molecular weight excluding hydrogens is 334 g/mol. The number of carbonyl (C=O) groups is 1. The van der Waals surface area contributed by atoms with Gasteiger partial charge < -0.3 is 4.90 Å². The quantitative estimate of drug-likeness (QED) is 0.628. The van der Waals surface area contributed by atoms with Gasteiger partial charge in [0.1, 0.15) is 5.82 Å². The minimum atomic E-state index is -4.86. The second-order valence-electron chi connectivity index (χ2n) is 4.70. The molecule has 0 atom stereocenters. The van der Waals surface area contributed by atoms with E-state index in [1.54, 1.807) is 13.8 Å². The van der Waals surface area contributed by atoms with Crippen molar-refractivity contribution in [2.45, 2.75) is 20.0 Å². The molecular formula is C13H13F4N5O2. The number of tetrazole rings is 1. The molecule has 0 fully saturated rings. The average Bonchev–Trinajstić information content (AvgIpc) is 2.88. The molecule has 7 nitrogen and oxygen atoms in total. The Kier molecular flexibility index (Phi) is 4.71. The molecule has 0 aliphatic carbocycles. The monoisotopic (exact) mass is 347 g/mol. The number of benzene rings is 1. The summed E-state index contributed by atoms with van der Waals surface area (Å²) in [6, 6.07) is 1.13. The van der Waals surface area contributed by atoms with Crippen molar-refractivity contribution in [1.29, 1.82) is 0 Å². The van der Waals surface area contributed by atoms with E-state index in [4.69, 9.17) is 0 Å². The summed E-state index contributed by atoms with van der Waals surface area (Å²) in [4.78, 5) is 25.5. The van der Waals surface area contributed by atoms with Crippen molar-refractivity contribution in [2.24, 2.45) is 0 Å². The molecule has 11 heteroatoms. The second kappa shape index (κ2) is 6.42. The molecule has 0 aliphatic rings. The number of carbonyl (C=O) groups excluding carboxylic acids is 1. The fourth-order valence-corrected chi connectivity index (χ4v) is 2.02. The molecule has 1 aromatic carbocycles. The Hall–Kier alpha value is -2.72. The molecule has 0 saturated heterocycles. The van der Waals surface area contributed by atoms with Gasteiger partial charge in [-0.15, -0.1) is 4.68 Å². The molecule has 24 heavy (non-hydrogen) atoms. The van der Waals surface area contributed by atoms with Crippen LogP contribution in [0.25, 0.3) is 5.69 Å². The maximum Gasteiger partial charge on any atom is 0.419 e.